The predicted molar refractivity (Wildman–Crippen MR) is 127 cm³/mol. The zero-order chi connectivity index (χ0) is 23.4. The monoisotopic (exact) mass is 489 g/mol. The molecule has 33 heavy (non-hydrogen) atoms. The zero-order valence-corrected chi connectivity index (χ0v) is 20.3. The summed E-state index contributed by atoms with van der Waals surface area (Å²) in [6.07, 6.45) is 1.75. The molecule has 4 rings (SSSR count). The largest absolute Gasteiger partial charge is 0.492 e. The summed E-state index contributed by atoms with van der Waals surface area (Å²) in [4.78, 5) is 18.0. The first-order valence-electron chi connectivity index (χ1n) is 10.9. The predicted octanol–water partition coefficient (Wildman–Crippen LogP) is 3.27. The van der Waals surface area contributed by atoms with Gasteiger partial charge in [0.25, 0.3) is 5.91 Å². The van der Waals surface area contributed by atoms with Crippen molar-refractivity contribution in [3.8, 4) is 5.75 Å². The number of methoxy groups -OCH3 is 1. The molecule has 1 aliphatic heterocycles. The Balaban J connectivity index is 1.69. The highest BCUT2D eigenvalue weighted by atomic mass is 32.2. The van der Waals surface area contributed by atoms with E-state index in [9.17, 15) is 13.2 Å². The molecule has 1 fully saturated rings. The molecule has 0 bridgehead atoms. The fourth-order valence-electron chi connectivity index (χ4n) is 3.84. The van der Waals surface area contributed by atoms with Crippen LogP contribution >= 0.6 is 11.3 Å². The fourth-order valence-corrected chi connectivity index (χ4v) is 6.43. The van der Waals surface area contributed by atoms with E-state index in [1.807, 2.05) is 29.7 Å². The minimum Gasteiger partial charge on any atom is -0.492 e. The topological polar surface area (TPSA) is 90.2 Å². The summed E-state index contributed by atoms with van der Waals surface area (Å²) >= 11 is 1.40. The number of aromatic nitrogens is 1. The lowest BCUT2D eigenvalue weighted by Gasteiger charge is -2.15. The maximum atomic E-state index is 12.9. The second-order valence-electron chi connectivity index (χ2n) is 7.62. The van der Waals surface area contributed by atoms with Crippen LogP contribution in [0.1, 0.15) is 30.1 Å². The lowest BCUT2D eigenvalue weighted by molar-refractivity contribution is 0.0997. The lowest BCUT2D eigenvalue weighted by atomic mass is 10.2. The Morgan fingerprint density at radius 1 is 1.12 bits per heavy atom. The lowest BCUT2D eigenvalue weighted by Crippen LogP contribution is -2.27. The number of para-hydroxylation sites is 1. The molecule has 0 unspecified atom stereocenters. The van der Waals surface area contributed by atoms with Crippen LogP contribution < -0.4 is 9.54 Å². The molecule has 0 atom stereocenters. The second kappa shape index (κ2) is 10.2. The van der Waals surface area contributed by atoms with Gasteiger partial charge >= 0.3 is 0 Å². The SMILES string of the molecule is CCOc1cccc2sc(=NC(=O)c3ccc(S(=O)(=O)N4CCCC4)cc3)n(CCOC)c12. The second-order valence-corrected chi connectivity index (χ2v) is 10.6. The van der Waals surface area contributed by atoms with Crippen LogP contribution in [0.3, 0.4) is 0 Å². The van der Waals surface area contributed by atoms with Crippen LogP contribution in [-0.2, 0) is 21.3 Å². The molecule has 1 amide bonds. The van der Waals surface area contributed by atoms with Gasteiger partial charge in [0.15, 0.2) is 4.80 Å². The quantitative estimate of drug-likeness (QED) is 0.484. The Bertz CT molecular complexity index is 1300. The Labute approximate surface area is 197 Å². The molecule has 0 N–H and O–H groups in total. The molecule has 0 radical (unpaired) electrons. The van der Waals surface area contributed by atoms with Crippen LogP contribution in [0.2, 0.25) is 0 Å². The van der Waals surface area contributed by atoms with Crippen LogP contribution in [0.15, 0.2) is 52.4 Å². The molecule has 1 saturated heterocycles. The Morgan fingerprint density at radius 3 is 2.52 bits per heavy atom. The molecule has 176 valence electrons. The van der Waals surface area contributed by atoms with E-state index in [-0.39, 0.29) is 4.90 Å². The minimum atomic E-state index is -3.52. The summed E-state index contributed by atoms with van der Waals surface area (Å²) in [6.45, 7) is 4.49. The highest BCUT2D eigenvalue weighted by Gasteiger charge is 2.27. The Morgan fingerprint density at radius 2 is 1.85 bits per heavy atom. The van der Waals surface area contributed by atoms with Crippen LogP contribution in [0, 0.1) is 0 Å². The summed E-state index contributed by atoms with van der Waals surface area (Å²) in [5.74, 6) is 0.295. The van der Waals surface area contributed by atoms with Gasteiger partial charge in [0.1, 0.15) is 11.3 Å². The average Bonchev–Trinajstić information content (AvgIpc) is 3.47. The summed E-state index contributed by atoms with van der Waals surface area (Å²) in [5, 5.41) is 0. The number of nitrogens with zero attached hydrogens (tertiary/aromatic N) is 3. The number of amides is 1. The molecule has 8 nitrogen and oxygen atoms in total. The number of hydrogen-bond acceptors (Lipinski definition) is 6. The average molecular weight is 490 g/mol. The van der Waals surface area contributed by atoms with Crippen molar-refractivity contribution in [3.05, 3.63) is 52.8 Å². The maximum Gasteiger partial charge on any atom is 0.279 e. The van der Waals surface area contributed by atoms with Gasteiger partial charge in [-0.25, -0.2) is 8.42 Å². The third-order valence-electron chi connectivity index (χ3n) is 5.48. The van der Waals surface area contributed by atoms with Crippen LogP contribution in [0.4, 0.5) is 0 Å². The van der Waals surface area contributed by atoms with E-state index in [1.54, 1.807) is 7.11 Å². The zero-order valence-electron chi connectivity index (χ0n) is 18.7. The first-order valence-corrected chi connectivity index (χ1v) is 13.1. The summed E-state index contributed by atoms with van der Waals surface area (Å²) in [7, 11) is -1.90. The van der Waals surface area contributed by atoms with Crippen molar-refractivity contribution in [2.75, 3.05) is 33.4 Å². The third-order valence-corrected chi connectivity index (χ3v) is 8.44. The molecule has 10 heteroatoms. The number of carbonyl (C=O) groups excluding carboxylic acids is 1. The highest BCUT2D eigenvalue weighted by Crippen LogP contribution is 2.28. The maximum absolute atomic E-state index is 12.9. The van der Waals surface area contributed by atoms with E-state index in [0.717, 1.165) is 28.8 Å². The van der Waals surface area contributed by atoms with Crippen LogP contribution in [-0.4, -0.2) is 56.6 Å². The summed E-state index contributed by atoms with van der Waals surface area (Å²) in [6, 6.07) is 11.8. The number of sulfonamides is 1. The standard InChI is InChI=1S/C23H27N3O5S2/c1-3-31-19-7-6-8-20-21(19)26(15-16-30-2)23(32-20)24-22(27)17-9-11-18(12-10-17)33(28,29)25-13-4-5-14-25/h6-12H,3-5,13-16H2,1-2H3. The van der Waals surface area contributed by atoms with Crippen molar-refractivity contribution >= 4 is 37.5 Å². The van der Waals surface area contributed by atoms with Gasteiger partial charge in [-0.1, -0.05) is 17.4 Å². The molecule has 1 aromatic heterocycles. The number of hydrogen-bond donors (Lipinski definition) is 0. The Hall–Kier alpha value is -2.53. The molecular weight excluding hydrogens is 462 g/mol. The van der Waals surface area contributed by atoms with Crippen LogP contribution in [0.5, 0.6) is 5.75 Å². The van der Waals surface area contributed by atoms with Gasteiger partial charge in [-0.2, -0.15) is 9.30 Å². The normalized spacial score (nSPS) is 15.4. The molecule has 0 aliphatic carbocycles. The number of ether oxygens (including phenoxy) is 2. The molecule has 1 aliphatic rings. The Kier molecular flexibility index (Phi) is 7.28. The van der Waals surface area contributed by atoms with Gasteiger partial charge in [-0.3, -0.25) is 4.79 Å². The molecule has 2 heterocycles. The first kappa shape index (κ1) is 23.6. The summed E-state index contributed by atoms with van der Waals surface area (Å²) < 4.78 is 40.9. The van der Waals surface area contributed by atoms with Crippen molar-refractivity contribution in [2.24, 2.45) is 4.99 Å². The molecular formula is C23H27N3O5S2. The van der Waals surface area contributed by atoms with E-state index in [1.165, 1.54) is 39.9 Å². The van der Waals surface area contributed by atoms with Crippen molar-refractivity contribution < 1.29 is 22.7 Å². The molecule has 0 spiro atoms. The van der Waals surface area contributed by atoms with Crippen molar-refractivity contribution in [3.63, 3.8) is 0 Å². The third kappa shape index (κ3) is 4.89. The first-order chi connectivity index (χ1) is 16.0. The minimum absolute atomic E-state index is 0.194. The smallest absolute Gasteiger partial charge is 0.279 e. The number of benzene rings is 2. The van der Waals surface area contributed by atoms with Gasteiger partial charge in [0, 0.05) is 32.3 Å². The van der Waals surface area contributed by atoms with Crippen molar-refractivity contribution in [1.82, 2.24) is 8.87 Å². The van der Waals surface area contributed by atoms with Gasteiger partial charge in [-0.05, 0) is 56.2 Å². The molecule has 2 aromatic carbocycles. The van der Waals surface area contributed by atoms with E-state index in [0.29, 0.717) is 43.2 Å². The van der Waals surface area contributed by atoms with E-state index in [2.05, 4.69) is 4.99 Å². The molecule has 3 aromatic rings. The summed E-state index contributed by atoms with van der Waals surface area (Å²) in [5.41, 5.74) is 1.20. The fraction of sp³-hybridized carbons (Fsp3) is 0.391. The van der Waals surface area contributed by atoms with Gasteiger partial charge in [0.2, 0.25) is 10.0 Å². The van der Waals surface area contributed by atoms with Gasteiger partial charge < -0.3 is 14.0 Å². The number of rotatable bonds is 8. The van der Waals surface area contributed by atoms with Gasteiger partial charge in [-0.15, -0.1) is 0 Å². The molecule has 0 saturated carbocycles. The van der Waals surface area contributed by atoms with Gasteiger partial charge in [0.05, 0.1) is 22.8 Å². The number of fused-ring (bicyclic) bond motifs is 1. The number of thiazole rings is 1. The van der Waals surface area contributed by atoms with Crippen molar-refractivity contribution in [2.45, 2.75) is 31.2 Å². The van der Waals surface area contributed by atoms with Crippen LogP contribution in [0.25, 0.3) is 10.2 Å². The highest BCUT2D eigenvalue weighted by molar-refractivity contribution is 7.89. The van der Waals surface area contributed by atoms with E-state index >= 15 is 0 Å². The van der Waals surface area contributed by atoms with Crippen molar-refractivity contribution in [1.29, 1.82) is 0 Å². The van der Waals surface area contributed by atoms with E-state index in [4.69, 9.17) is 9.47 Å². The number of carbonyl (C=O) groups is 1. The van der Waals surface area contributed by atoms with E-state index < -0.39 is 15.9 Å².